The number of rotatable bonds is 5. The number of benzene rings is 4. The Labute approximate surface area is 324 Å². The Morgan fingerprint density at radius 1 is 0.740 bits per heavy atom. The van der Waals surface area contributed by atoms with Gasteiger partial charge in [0.05, 0.1) is 0 Å². The predicted octanol–water partition coefficient (Wildman–Crippen LogP) is 15.3. The number of aryl methyl sites for hydroxylation is 1. The molecule has 7 rings (SSSR count). The van der Waals surface area contributed by atoms with Crippen LogP contribution in [0.2, 0.25) is 13.1 Å². The van der Waals surface area contributed by atoms with E-state index in [9.17, 15) is 0 Å². The molecule has 0 atom stereocenters. The van der Waals surface area contributed by atoms with E-state index in [1.807, 2.05) is 0 Å². The fourth-order valence-corrected chi connectivity index (χ4v) is 6.95. The van der Waals surface area contributed by atoms with Gasteiger partial charge in [-0.25, -0.2) is 0 Å². The van der Waals surface area contributed by atoms with Crippen molar-refractivity contribution >= 4 is 48.1 Å². The molecule has 50 heavy (non-hydrogen) atoms. The molecule has 0 unspecified atom stereocenters. The van der Waals surface area contributed by atoms with Gasteiger partial charge in [-0.1, -0.05) is 139 Å². The summed E-state index contributed by atoms with van der Waals surface area (Å²) >= 11 is -0.826. The van der Waals surface area contributed by atoms with E-state index in [-0.39, 0.29) is 5.41 Å². The van der Waals surface area contributed by atoms with Gasteiger partial charge in [-0.3, -0.25) is 0 Å². The third-order valence-corrected chi connectivity index (χ3v) is 9.77. The molecule has 1 fully saturated rings. The zero-order valence-corrected chi connectivity index (χ0v) is 36.3. The van der Waals surface area contributed by atoms with Crippen LogP contribution in [-0.4, -0.2) is 9.52 Å². The van der Waals surface area contributed by atoms with Crippen LogP contribution in [-0.2, 0) is 32.7 Å². The first-order valence-corrected chi connectivity index (χ1v) is 26.5. The average Bonchev–Trinajstić information content (AvgIpc) is 3.89. The van der Waals surface area contributed by atoms with Crippen molar-refractivity contribution in [2.24, 2.45) is 0 Å². The normalized spacial score (nSPS) is 12.9. The van der Waals surface area contributed by atoms with Gasteiger partial charge < -0.3 is 0 Å². The summed E-state index contributed by atoms with van der Waals surface area (Å²) in [6.07, 6.45) is 6.63. The summed E-state index contributed by atoms with van der Waals surface area (Å²) in [6.45, 7) is 17.8. The molecule has 4 heteroatoms. The molecule has 0 nitrogen and oxygen atoms in total. The van der Waals surface area contributed by atoms with Gasteiger partial charge in [0.25, 0.3) is 0 Å². The van der Waals surface area contributed by atoms with Crippen LogP contribution in [0.1, 0.15) is 101 Å². The first kappa shape index (κ1) is 40.5. The fraction of sp³-hybridized carbons (Fsp3) is 0.348. The van der Waals surface area contributed by atoms with Crippen molar-refractivity contribution in [2.75, 3.05) is 0 Å². The molecule has 260 valence electrons. The Bertz CT molecular complexity index is 1880. The SMILES string of the molecule is CC(C)c1ccc(-c2cccc3[cH-]c(C4CCCC4)cc23)cc1.CCc1cc2c(-c3ccc(C(C)(C)C)cc3)cccc2[cH-]1.C[Si]C.[Cl][Zr+2][Cl]. The molecule has 0 aromatic heterocycles. The van der Waals surface area contributed by atoms with Crippen molar-refractivity contribution in [1.29, 1.82) is 0 Å². The summed E-state index contributed by atoms with van der Waals surface area (Å²) in [7, 11) is 11.0. The first-order valence-electron chi connectivity index (χ1n) is 18.2. The van der Waals surface area contributed by atoms with Crippen molar-refractivity contribution in [3.63, 3.8) is 0 Å². The molecule has 0 heterocycles. The van der Waals surface area contributed by atoms with Crippen molar-refractivity contribution in [3.8, 4) is 22.3 Å². The minimum absolute atomic E-state index is 0.209. The summed E-state index contributed by atoms with van der Waals surface area (Å²) < 4.78 is 0. The molecule has 0 spiro atoms. The molecular weight excluding hydrogens is 743 g/mol. The van der Waals surface area contributed by atoms with Crippen LogP contribution in [0, 0.1) is 0 Å². The minimum atomic E-state index is -0.826. The zero-order valence-electron chi connectivity index (χ0n) is 31.3. The fourth-order valence-electron chi connectivity index (χ4n) is 6.95. The summed E-state index contributed by atoms with van der Waals surface area (Å²) in [6, 6.07) is 41.0. The van der Waals surface area contributed by atoms with E-state index in [4.69, 9.17) is 17.0 Å². The van der Waals surface area contributed by atoms with Gasteiger partial charge in [0.2, 0.25) is 0 Å². The maximum atomic E-state index is 4.93. The van der Waals surface area contributed by atoms with Crippen LogP contribution in [0.15, 0.2) is 109 Å². The monoisotopic (exact) mass is 794 g/mol. The van der Waals surface area contributed by atoms with Crippen LogP contribution < -0.4 is 0 Å². The van der Waals surface area contributed by atoms with E-state index in [0.29, 0.717) is 5.92 Å². The van der Waals surface area contributed by atoms with Crippen molar-refractivity contribution < 1.29 is 20.8 Å². The van der Waals surface area contributed by atoms with E-state index in [2.05, 4.69) is 164 Å². The molecule has 1 aliphatic rings. The third kappa shape index (κ3) is 10.7. The Kier molecular flexibility index (Phi) is 15.9. The number of halogens is 2. The molecular formula is C46H54Cl2SiZr. The Balaban J connectivity index is 0.000000195. The topological polar surface area (TPSA) is 0 Å². The van der Waals surface area contributed by atoms with Gasteiger partial charge in [-0.15, -0.1) is 69.1 Å². The number of hydrogen-bond acceptors (Lipinski definition) is 0. The van der Waals surface area contributed by atoms with Crippen LogP contribution in [0.25, 0.3) is 43.8 Å². The molecule has 1 saturated carbocycles. The number of hydrogen-bond donors (Lipinski definition) is 0. The van der Waals surface area contributed by atoms with E-state index >= 15 is 0 Å². The molecule has 0 saturated heterocycles. The summed E-state index contributed by atoms with van der Waals surface area (Å²) in [5, 5.41) is 5.55. The summed E-state index contributed by atoms with van der Waals surface area (Å²) in [5.41, 5.74) is 11.3. The first-order chi connectivity index (χ1) is 24.0. The standard InChI is InChI=1S/C23H25.C21H23.C2H6Si.2ClH.Zr/c1-16(2)17-10-12-19(13-11-17)22-9-5-8-20-14-21(15-23(20)22)18-6-3-4-7-18;1-5-15-13-17-7-6-8-19(20(17)14-15)16-9-11-18(12-10-16)21(2,3)4;1-3-2;;;/h5,8-16,18H,3-4,6-7H2,1-2H3;6-14H,5H2,1-4H3;1-2H3;2*1H;/q2*-1;;;;+4/p-2. The van der Waals surface area contributed by atoms with Gasteiger partial charge in [0, 0.05) is 9.52 Å². The Hall–Kier alpha value is -2.22. The summed E-state index contributed by atoms with van der Waals surface area (Å²) in [4.78, 5) is 0. The van der Waals surface area contributed by atoms with E-state index in [1.54, 1.807) is 5.56 Å². The molecule has 0 N–H and O–H groups in total. The summed E-state index contributed by atoms with van der Waals surface area (Å²) in [5.74, 6) is 1.38. The molecule has 0 amide bonds. The average molecular weight is 797 g/mol. The molecule has 0 bridgehead atoms. The van der Waals surface area contributed by atoms with Crippen LogP contribution >= 0.6 is 17.0 Å². The Morgan fingerprint density at radius 2 is 1.22 bits per heavy atom. The second-order valence-electron chi connectivity index (χ2n) is 14.8. The van der Waals surface area contributed by atoms with Gasteiger partial charge in [0.1, 0.15) is 0 Å². The number of fused-ring (bicyclic) bond motifs is 2. The quantitative estimate of drug-likeness (QED) is 0.120. The molecule has 6 aromatic carbocycles. The maximum absolute atomic E-state index is 4.93. The van der Waals surface area contributed by atoms with E-state index < -0.39 is 20.8 Å². The third-order valence-electron chi connectivity index (χ3n) is 9.77. The molecule has 0 aliphatic heterocycles. The van der Waals surface area contributed by atoms with Gasteiger partial charge >= 0.3 is 37.9 Å². The van der Waals surface area contributed by atoms with E-state index in [0.717, 1.165) is 21.9 Å². The Morgan fingerprint density at radius 3 is 1.70 bits per heavy atom. The molecule has 6 aromatic rings. The predicted molar refractivity (Wildman–Crippen MR) is 223 cm³/mol. The van der Waals surface area contributed by atoms with Crippen LogP contribution in [0.5, 0.6) is 0 Å². The van der Waals surface area contributed by atoms with Gasteiger partial charge in [0.15, 0.2) is 0 Å². The van der Waals surface area contributed by atoms with Gasteiger partial charge in [-0.2, -0.15) is 12.1 Å². The van der Waals surface area contributed by atoms with Crippen LogP contribution in [0.3, 0.4) is 0 Å². The second kappa shape index (κ2) is 19.6. The van der Waals surface area contributed by atoms with Crippen LogP contribution in [0.4, 0.5) is 0 Å². The molecule has 2 radical (unpaired) electrons. The van der Waals surface area contributed by atoms with E-state index in [1.165, 1.54) is 86.2 Å². The van der Waals surface area contributed by atoms with Crippen molar-refractivity contribution in [3.05, 3.63) is 131 Å². The zero-order chi connectivity index (χ0) is 36.3. The second-order valence-corrected chi connectivity index (χ2v) is 19.5. The molecule has 1 aliphatic carbocycles. The van der Waals surface area contributed by atoms with Gasteiger partial charge in [-0.05, 0) is 58.8 Å². The van der Waals surface area contributed by atoms with Crippen molar-refractivity contribution in [1.82, 2.24) is 0 Å². The van der Waals surface area contributed by atoms with Crippen molar-refractivity contribution in [2.45, 2.75) is 104 Å².